The van der Waals surface area contributed by atoms with E-state index in [1.165, 1.54) is 37.1 Å². The largest absolute Gasteiger partial charge is 0.388 e. The number of thiazole rings is 1. The lowest BCUT2D eigenvalue weighted by Crippen LogP contribution is -2.50. The molecule has 6 nitrogen and oxygen atoms in total. The van der Waals surface area contributed by atoms with Crippen LogP contribution in [0.1, 0.15) is 62.6 Å². The van der Waals surface area contributed by atoms with E-state index in [2.05, 4.69) is 29.3 Å². The van der Waals surface area contributed by atoms with Gasteiger partial charge in [0, 0.05) is 24.4 Å². The van der Waals surface area contributed by atoms with Crippen LogP contribution >= 0.6 is 11.3 Å². The second-order valence-electron chi connectivity index (χ2n) is 7.69. The molecule has 0 spiro atoms. The standard InChI is InChI=1S/C18H30N4O2S/c1-18(2)13-22(8-9-23-18)10-16(19)21-24-11-15-12-25-17(20-15)14-6-4-3-5-7-14/h12,14H,3-11,13H2,1-2H3,(H2,19,21). The molecule has 2 aliphatic rings. The van der Waals surface area contributed by atoms with E-state index in [0.717, 1.165) is 25.4 Å². The van der Waals surface area contributed by atoms with E-state index in [0.29, 0.717) is 24.9 Å². The van der Waals surface area contributed by atoms with Crippen LogP contribution in [-0.4, -0.2) is 47.6 Å². The number of nitrogens with zero attached hydrogens (tertiary/aromatic N) is 3. The lowest BCUT2D eigenvalue weighted by Gasteiger charge is -2.37. The van der Waals surface area contributed by atoms with Gasteiger partial charge in [-0.25, -0.2) is 4.98 Å². The van der Waals surface area contributed by atoms with Crippen LogP contribution in [-0.2, 0) is 16.2 Å². The zero-order valence-electron chi connectivity index (χ0n) is 15.4. The molecule has 0 unspecified atom stereocenters. The Morgan fingerprint density at radius 1 is 1.44 bits per heavy atom. The van der Waals surface area contributed by atoms with Crippen molar-refractivity contribution >= 4 is 17.2 Å². The van der Waals surface area contributed by atoms with Gasteiger partial charge in [0.25, 0.3) is 0 Å². The Hall–Kier alpha value is -1.18. The van der Waals surface area contributed by atoms with Gasteiger partial charge in [-0.2, -0.15) is 0 Å². The average molecular weight is 367 g/mol. The minimum atomic E-state index is -0.129. The van der Waals surface area contributed by atoms with Gasteiger partial charge >= 0.3 is 0 Å². The third-order valence-corrected chi connectivity index (χ3v) is 5.86. The van der Waals surface area contributed by atoms with Crippen LogP contribution in [0.25, 0.3) is 0 Å². The van der Waals surface area contributed by atoms with Crippen molar-refractivity contribution in [3.05, 3.63) is 16.1 Å². The summed E-state index contributed by atoms with van der Waals surface area (Å²) in [5.41, 5.74) is 6.83. The number of oxime groups is 1. The number of hydrogen-bond donors (Lipinski definition) is 1. The molecule has 140 valence electrons. The van der Waals surface area contributed by atoms with Crippen LogP contribution in [0.3, 0.4) is 0 Å². The van der Waals surface area contributed by atoms with Crippen molar-refractivity contribution < 1.29 is 9.57 Å². The van der Waals surface area contributed by atoms with Gasteiger partial charge in [-0.05, 0) is 26.7 Å². The van der Waals surface area contributed by atoms with E-state index in [9.17, 15) is 0 Å². The van der Waals surface area contributed by atoms with Crippen LogP contribution in [0, 0.1) is 0 Å². The zero-order valence-corrected chi connectivity index (χ0v) is 16.2. The quantitative estimate of drug-likeness (QED) is 0.476. The first-order chi connectivity index (χ1) is 12.0. The zero-order chi connectivity index (χ0) is 17.7. The van der Waals surface area contributed by atoms with E-state index in [-0.39, 0.29) is 5.60 Å². The molecule has 7 heteroatoms. The highest BCUT2D eigenvalue weighted by Crippen LogP contribution is 2.34. The van der Waals surface area contributed by atoms with E-state index in [1.54, 1.807) is 11.3 Å². The topological polar surface area (TPSA) is 73.0 Å². The van der Waals surface area contributed by atoms with Gasteiger partial charge in [-0.3, -0.25) is 4.90 Å². The molecule has 0 amide bonds. The van der Waals surface area contributed by atoms with Crippen LogP contribution in [0.15, 0.2) is 10.5 Å². The van der Waals surface area contributed by atoms with Gasteiger partial charge in [0.1, 0.15) is 0 Å². The minimum absolute atomic E-state index is 0.129. The number of aromatic nitrogens is 1. The van der Waals surface area contributed by atoms with Crippen LogP contribution in [0.4, 0.5) is 0 Å². The maximum absolute atomic E-state index is 6.00. The number of ether oxygens (including phenoxy) is 1. The molecule has 1 aliphatic carbocycles. The number of hydrogen-bond acceptors (Lipinski definition) is 6. The maximum Gasteiger partial charge on any atom is 0.160 e. The Kier molecular flexibility index (Phi) is 6.30. The molecular formula is C18H30N4O2S. The van der Waals surface area contributed by atoms with E-state index < -0.39 is 0 Å². The molecule has 0 aromatic carbocycles. The molecule has 2 heterocycles. The fourth-order valence-corrected chi connectivity index (χ4v) is 4.59. The lowest BCUT2D eigenvalue weighted by molar-refractivity contribution is -0.0821. The summed E-state index contributed by atoms with van der Waals surface area (Å²) in [6.45, 7) is 7.63. The van der Waals surface area contributed by atoms with Crippen molar-refractivity contribution in [2.24, 2.45) is 10.9 Å². The van der Waals surface area contributed by atoms with Gasteiger partial charge in [0.05, 0.1) is 29.5 Å². The van der Waals surface area contributed by atoms with E-state index >= 15 is 0 Å². The highest BCUT2D eigenvalue weighted by atomic mass is 32.1. The van der Waals surface area contributed by atoms with Gasteiger partial charge < -0.3 is 15.3 Å². The summed E-state index contributed by atoms with van der Waals surface area (Å²) in [6, 6.07) is 0. The second kappa shape index (κ2) is 8.47. The fourth-order valence-electron chi connectivity index (χ4n) is 3.61. The van der Waals surface area contributed by atoms with E-state index in [1.807, 2.05) is 0 Å². The first-order valence-electron chi connectivity index (χ1n) is 9.27. The third-order valence-electron chi connectivity index (χ3n) is 4.81. The van der Waals surface area contributed by atoms with Gasteiger partial charge in [0.15, 0.2) is 12.4 Å². The number of rotatable bonds is 6. The van der Waals surface area contributed by atoms with Gasteiger partial charge in [0.2, 0.25) is 0 Å². The molecule has 2 fully saturated rings. The molecule has 0 bridgehead atoms. The average Bonchev–Trinajstić information content (AvgIpc) is 3.03. The molecule has 1 aromatic heterocycles. The van der Waals surface area contributed by atoms with Crippen molar-refractivity contribution in [3.63, 3.8) is 0 Å². The highest BCUT2D eigenvalue weighted by Gasteiger charge is 2.27. The molecule has 2 N–H and O–H groups in total. The van der Waals surface area contributed by atoms with Crippen molar-refractivity contribution in [1.29, 1.82) is 0 Å². The SMILES string of the molecule is CC1(C)CN(CC(N)=NOCc2csc(C3CCCCC3)n2)CCO1. The number of nitrogens with two attached hydrogens (primary N) is 1. The summed E-state index contributed by atoms with van der Waals surface area (Å²) in [6.07, 6.45) is 6.57. The smallest absolute Gasteiger partial charge is 0.160 e. The Labute approximate surface area is 154 Å². The van der Waals surface area contributed by atoms with Crippen LogP contribution in [0.2, 0.25) is 0 Å². The molecular weight excluding hydrogens is 336 g/mol. The molecule has 1 saturated carbocycles. The molecule has 3 rings (SSSR count). The summed E-state index contributed by atoms with van der Waals surface area (Å²) in [5, 5.41) is 7.40. The first kappa shape index (κ1) is 18.6. The highest BCUT2D eigenvalue weighted by molar-refractivity contribution is 7.09. The normalized spacial score (nSPS) is 22.9. The maximum atomic E-state index is 6.00. The molecule has 0 atom stereocenters. The van der Waals surface area contributed by atoms with Crippen molar-refractivity contribution in [3.8, 4) is 0 Å². The predicted octanol–water partition coefficient (Wildman–Crippen LogP) is 3.09. The van der Waals surface area contributed by atoms with Crippen LogP contribution in [0.5, 0.6) is 0 Å². The number of amidine groups is 1. The molecule has 1 saturated heterocycles. The Morgan fingerprint density at radius 2 is 2.24 bits per heavy atom. The monoisotopic (exact) mass is 366 g/mol. The third kappa shape index (κ3) is 5.66. The Balaban J connectivity index is 1.43. The molecule has 25 heavy (non-hydrogen) atoms. The minimum Gasteiger partial charge on any atom is -0.388 e. The van der Waals surface area contributed by atoms with Gasteiger partial charge in [-0.15, -0.1) is 11.3 Å². The van der Waals surface area contributed by atoms with Crippen LogP contribution < -0.4 is 5.73 Å². The summed E-state index contributed by atoms with van der Waals surface area (Å²) >= 11 is 1.75. The summed E-state index contributed by atoms with van der Waals surface area (Å²) in [7, 11) is 0. The van der Waals surface area contributed by atoms with Crippen molar-refractivity contribution in [2.75, 3.05) is 26.2 Å². The molecule has 1 aromatic rings. The second-order valence-corrected chi connectivity index (χ2v) is 8.58. The van der Waals surface area contributed by atoms with E-state index in [4.69, 9.17) is 20.3 Å². The first-order valence-corrected chi connectivity index (χ1v) is 10.1. The summed E-state index contributed by atoms with van der Waals surface area (Å²) in [4.78, 5) is 12.4. The van der Waals surface area contributed by atoms with Gasteiger partial charge in [-0.1, -0.05) is 24.4 Å². The Bertz CT molecular complexity index is 581. The molecule has 1 aliphatic heterocycles. The predicted molar refractivity (Wildman–Crippen MR) is 101 cm³/mol. The lowest BCUT2D eigenvalue weighted by atomic mass is 9.90. The van der Waals surface area contributed by atoms with Crippen molar-refractivity contribution in [1.82, 2.24) is 9.88 Å². The number of morpholine rings is 1. The van der Waals surface area contributed by atoms with Crippen molar-refractivity contribution in [2.45, 2.75) is 64.1 Å². The molecule has 0 radical (unpaired) electrons. The summed E-state index contributed by atoms with van der Waals surface area (Å²) in [5.74, 6) is 1.14. The fraction of sp³-hybridized carbons (Fsp3) is 0.778. The Morgan fingerprint density at radius 3 is 3.00 bits per heavy atom. The summed E-state index contributed by atoms with van der Waals surface area (Å²) < 4.78 is 5.71.